The molecule has 1 aliphatic carbocycles. The largest absolute Gasteiger partial charge is 0.341 e. The van der Waals surface area contributed by atoms with E-state index in [1.807, 2.05) is 7.05 Å². The predicted octanol–water partition coefficient (Wildman–Crippen LogP) is 3.89. The van der Waals surface area contributed by atoms with Crippen molar-refractivity contribution in [3.8, 4) is 0 Å². The molecule has 1 aliphatic rings. The fraction of sp³-hybridized carbons (Fsp3) is 0.500. The number of carbonyl (C=O) groups excluding carboxylic acids is 1. The van der Waals surface area contributed by atoms with Gasteiger partial charge in [-0.25, -0.2) is 0 Å². The summed E-state index contributed by atoms with van der Waals surface area (Å²) in [5.41, 5.74) is 0.546. The molecule has 1 amide bonds. The molecular weight excluding hydrogens is 266 g/mol. The number of rotatable bonds is 3. The molecule has 0 aromatic heterocycles. The van der Waals surface area contributed by atoms with Crippen molar-refractivity contribution < 1.29 is 4.79 Å². The Morgan fingerprint density at radius 1 is 1.44 bits per heavy atom. The van der Waals surface area contributed by atoms with Gasteiger partial charge in [0.15, 0.2) is 0 Å². The Morgan fingerprint density at radius 2 is 2.11 bits per heavy atom. The fourth-order valence-electron chi connectivity index (χ4n) is 2.55. The number of hydrogen-bond donors (Lipinski definition) is 1. The maximum atomic E-state index is 12.3. The van der Waals surface area contributed by atoms with Crippen molar-refractivity contribution >= 4 is 30.1 Å². The molecule has 0 atom stereocenters. The molecule has 0 spiro atoms. The maximum Gasteiger partial charge on any atom is 0.255 e. The lowest BCUT2D eigenvalue weighted by atomic mass is 10.1. The van der Waals surface area contributed by atoms with E-state index < -0.39 is 0 Å². The summed E-state index contributed by atoms with van der Waals surface area (Å²) >= 11 is 10.3. The molecule has 0 N–H and O–H groups in total. The van der Waals surface area contributed by atoms with Gasteiger partial charge >= 0.3 is 0 Å². The molecule has 18 heavy (non-hydrogen) atoms. The second kappa shape index (κ2) is 5.98. The average Bonchev–Trinajstić information content (AvgIpc) is 2.84. The molecule has 0 bridgehead atoms. The van der Waals surface area contributed by atoms with Crippen LogP contribution in [0.5, 0.6) is 0 Å². The van der Waals surface area contributed by atoms with Gasteiger partial charge in [0.05, 0.1) is 10.6 Å². The van der Waals surface area contributed by atoms with Crippen molar-refractivity contribution in [1.82, 2.24) is 4.90 Å². The Morgan fingerprint density at radius 3 is 2.78 bits per heavy atom. The first-order chi connectivity index (χ1) is 8.58. The first kappa shape index (κ1) is 13.8. The van der Waals surface area contributed by atoms with E-state index in [2.05, 4.69) is 12.6 Å². The van der Waals surface area contributed by atoms with Crippen LogP contribution in [0.2, 0.25) is 5.02 Å². The molecule has 0 unspecified atom stereocenters. The van der Waals surface area contributed by atoms with Gasteiger partial charge in [0.2, 0.25) is 0 Å². The zero-order valence-electron chi connectivity index (χ0n) is 10.5. The minimum absolute atomic E-state index is 0.0113. The summed E-state index contributed by atoms with van der Waals surface area (Å²) in [6.45, 7) is 0.825. The number of hydrogen-bond acceptors (Lipinski definition) is 2. The molecule has 1 aromatic carbocycles. The molecule has 0 radical (unpaired) electrons. The summed E-state index contributed by atoms with van der Waals surface area (Å²) in [6.07, 6.45) is 5.05. The van der Waals surface area contributed by atoms with Crippen molar-refractivity contribution in [2.45, 2.75) is 30.6 Å². The van der Waals surface area contributed by atoms with E-state index in [0.717, 1.165) is 11.4 Å². The highest BCUT2D eigenvalue weighted by atomic mass is 35.5. The quantitative estimate of drug-likeness (QED) is 0.835. The van der Waals surface area contributed by atoms with Crippen LogP contribution in [0.1, 0.15) is 36.0 Å². The molecule has 1 aromatic rings. The lowest BCUT2D eigenvalue weighted by Crippen LogP contribution is -2.31. The highest BCUT2D eigenvalue weighted by Crippen LogP contribution is 2.26. The van der Waals surface area contributed by atoms with E-state index in [0.29, 0.717) is 16.5 Å². The molecule has 1 fully saturated rings. The number of benzene rings is 1. The van der Waals surface area contributed by atoms with Crippen molar-refractivity contribution in [1.29, 1.82) is 0 Å². The highest BCUT2D eigenvalue weighted by Gasteiger charge is 2.21. The van der Waals surface area contributed by atoms with Crippen LogP contribution in [0.3, 0.4) is 0 Å². The number of halogens is 1. The second-order valence-corrected chi connectivity index (χ2v) is 5.92. The SMILES string of the molecule is CN(CC1CCCC1)C(=O)c1cc(S)ccc1Cl. The summed E-state index contributed by atoms with van der Waals surface area (Å²) in [5, 5.41) is 0.496. The highest BCUT2D eigenvalue weighted by molar-refractivity contribution is 7.80. The van der Waals surface area contributed by atoms with Crippen molar-refractivity contribution in [2.75, 3.05) is 13.6 Å². The molecule has 1 saturated carbocycles. The number of thiol groups is 1. The summed E-state index contributed by atoms with van der Waals surface area (Å²) in [7, 11) is 1.85. The fourth-order valence-corrected chi connectivity index (χ4v) is 2.95. The van der Waals surface area contributed by atoms with E-state index in [-0.39, 0.29) is 5.91 Å². The van der Waals surface area contributed by atoms with Gasteiger partial charge in [-0.2, -0.15) is 0 Å². The summed E-state index contributed by atoms with van der Waals surface area (Å²) < 4.78 is 0. The lowest BCUT2D eigenvalue weighted by Gasteiger charge is -2.21. The minimum atomic E-state index is -0.0113. The molecule has 0 aliphatic heterocycles. The van der Waals surface area contributed by atoms with Gasteiger partial charge in [0, 0.05) is 18.5 Å². The van der Waals surface area contributed by atoms with E-state index >= 15 is 0 Å². The van der Waals surface area contributed by atoms with Gasteiger partial charge in [0.1, 0.15) is 0 Å². The molecule has 0 heterocycles. The molecule has 2 nitrogen and oxygen atoms in total. The van der Waals surface area contributed by atoms with Gasteiger partial charge in [0.25, 0.3) is 5.91 Å². The van der Waals surface area contributed by atoms with Gasteiger partial charge in [-0.15, -0.1) is 12.6 Å². The Bertz CT molecular complexity index is 443. The Labute approximate surface area is 119 Å². The maximum absolute atomic E-state index is 12.3. The van der Waals surface area contributed by atoms with Crippen LogP contribution in [0.4, 0.5) is 0 Å². The molecule has 98 valence electrons. The van der Waals surface area contributed by atoms with Crippen LogP contribution in [-0.2, 0) is 0 Å². The first-order valence-electron chi connectivity index (χ1n) is 6.32. The lowest BCUT2D eigenvalue weighted by molar-refractivity contribution is 0.0773. The third-order valence-electron chi connectivity index (χ3n) is 3.53. The van der Waals surface area contributed by atoms with E-state index in [9.17, 15) is 4.79 Å². The van der Waals surface area contributed by atoms with E-state index in [1.54, 1.807) is 23.1 Å². The standard InChI is InChI=1S/C14H18ClNOS/c1-16(9-10-4-2-3-5-10)14(17)12-8-11(18)6-7-13(12)15/h6-8,10,18H,2-5,9H2,1H3. The van der Waals surface area contributed by atoms with Crippen LogP contribution >= 0.6 is 24.2 Å². The van der Waals surface area contributed by atoms with Gasteiger partial charge in [-0.05, 0) is 37.0 Å². The molecule has 4 heteroatoms. The Balaban J connectivity index is 2.07. The van der Waals surface area contributed by atoms with Crippen molar-refractivity contribution in [2.24, 2.45) is 5.92 Å². The summed E-state index contributed by atoms with van der Waals surface area (Å²) in [5.74, 6) is 0.639. The normalized spacial score (nSPS) is 15.9. The third-order valence-corrected chi connectivity index (χ3v) is 4.14. The van der Waals surface area contributed by atoms with Crippen LogP contribution in [0, 0.1) is 5.92 Å². The number of carbonyl (C=O) groups is 1. The van der Waals surface area contributed by atoms with Crippen molar-refractivity contribution in [3.63, 3.8) is 0 Å². The smallest absolute Gasteiger partial charge is 0.255 e. The zero-order valence-corrected chi connectivity index (χ0v) is 12.2. The third kappa shape index (κ3) is 3.21. The average molecular weight is 284 g/mol. The van der Waals surface area contributed by atoms with Crippen LogP contribution in [-0.4, -0.2) is 24.4 Å². The summed E-state index contributed by atoms with van der Waals surface area (Å²) in [4.78, 5) is 14.9. The van der Waals surface area contributed by atoms with Crippen molar-refractivity contribution in [3.05, 3.63) is 28.8 Å². The first-order valence-corrected chi connectivity index (χ1v) is 7.14. The molecule has 2 rings (SSSR count). The van der Waals surface area contributed by atoms with Crippen LogP contribution in [0.25, 0.3) is 0 Å². The van der Waals surface area contributed by atoms with Gasteiger partial charge < -0.3 is 4.90 Å². The Hall–Kier alpha value is -0.670. The minimum Gasteiger partial charge on any atom is -0.341 e. The predicted molar refractivity (Wildman–Crippen MR) is 77.6 cm³/mol. The second-order valence-electron chi connectivity index (χ2n) is 5.00. The summed E-state index contributed by atoms with van der Waals surface area (Å²) in [6, 6.07) is 5.25. The Kier molecular flexibility index (Phi) is 4.57. The topological polar surface area (TPSA) is 20.3 Å². The molecule has 0 saturated heterocycles. The molecular formula is C14H18ClNOS. The van der Waals surface area contributed by atoms with Crippen LogP contribution in [0.15, 0.2) is 23.1 Å². The zero-order chi connectivity index (χ0) is 13.1. The van der Waals surface area contributed by atoms with Crippen LogP contribution < -0.4 is 0 Å². The monoisotopic (exact) mass is 283 g/mol. The van der Waals surface area contributed by atoms with E-state index in [1.165, 1.54) is 25.7 Å². The number of amides is 1. The van der Waals surface area contributed by atoms with Gasteiger partial charge in [-0.1, -0.05) is 24.4 Å². The number of nitrogens with zero attached hydrogens (tertiary/aromatic N) is 1. The van der Waals surface area contributed by atoms with Gasteiger partial charge in [-0.3, -0.25) is 4.79 Å². The van der Waals surface area contributed by atoms with E-state index in [4.69, 9.17) is 11.6 Å².